The van der Waals surface area contributed by atoms with E-state index in [1.54, 1.807) is 6.07 Å². The fraction of sp³-hybridized carbons (Fsp3) is 0.333. The Morgan fingerprint density at radius 2 is 2.00 bits per heavy atom. The molecule has 0 aliphatic heterocycles. The Hall–Kier alpha value is -1.55. The fourth-order valence-corrected chi connectivity index (χ4v) is 1.27. The van der Waals surface area contributed by atoms with Gasteiger partial charge in [0.1, 0.15) is 11.6 Å². The van der Waals surface area contributed by atoms with Crippen LogP contribution in [-0.2, 0) is 9.53 Å². The second-order valence-electron chi connectivity index (χ2n) is 3.36. The lowest BCUT2D eigenvalue weighted by atomic mass is 10.0. The highest BCUT2D eigenvalue weighted by Crippen LogP contribution is 2.09. The van der Waals surface area contributed by atoms with Crippen LogP contribution in [0.3, 0.4) is 0 Å². The standard InChI is InChI=1S/C12H13FO3/c1-16-7-6-9(14)8-12(15)10-4-2-3-5-11(10)13/h2-5H,6-8H2,1H3. The molecule has 0 spiro atoms. The zero-order valence-electron chi connectivity index (χ0n) is 9.03. The van der Waals surface area contributed by atoms with Gasteiger partial charge in [0.15, 0.2) is 5.78 Å². The number of Topliss-reactive ketones (excluding diaryl/α,β-unsaturated/α-hetero) is 2. The van der Waals surface area contributed by atoms with Crippen molar-refractivity contribution in [3.8, 4) is 0 Å². The first kappa shape index (κ1) is 12.5. The van der Waals surface area contributed by atoms with Crippen LogP contribution in [0.5, 0.6) is 0 Å². The number of hydrogen-bond donors (Lipinski definition) is 0. The van der Waals surface area contributed by atoms with Gasteiger partial charge in [-0.15, -0.1) is 0 Å². The van der Waals surface area contributed by atoms with Crippen LogP contribution in [0.25, 0.3) is 0 Å². The monoisotopic (exact) mass is 224 g/mol. The van der Waals surface area contributed by atoms with E-state index >= 15 is 0 Å². The number of halogens is 1. The molecular weight excluding hydrogens is 211 g/mol. The van der Waals surface area contributed by atoms with Crippen molar-refractivity contribution in [2.45, 2.75) is 12.8 Å². The fourth-order valence-electron chi connectivity index (χ4n) is 1.27. The molecule has 1 rings (SSSR count). The van der Waals surface area contributed by atoms with Gasteiger partial charge >= 0.3 is 0 Å². The Balaban J connectivity index is 2.59. The predicted molar refractivity (Wildman–Crippen MR) is 56.8 cm³/mol. The first-order valence-electron chi connectivity index (χ1n) is 4.93. The summed E-state index contributed by atoms with van der Waals surface area (Å²) < 4.78 is 17.9. The molecule has 0 aliphatic rings. The van der Waals surface area contributed by atoms with E-state index in [1.165, 1.54) is 25.3 Å². The summed E-state index contributed by atoms with van der Waals surface area (Å²) in [6.07, 6.45) is -0.0962. The number of ether oxygens (including phenoxy) is 1. The van der Waals surface area contributed by atoms with Gasteiger partial charge in [0.25, 0.3) is 0 Å². The van der Waals surface area contributed by atoms with Crippen molar-refractivity contribution < 1.29 is 18.7 Å². The molecule has 16 heavy (non-hydrogen) atoms. The first-order chi connectivity index (χ1) is 7.65. The van der Waals surface area contributed by atoms with Crippen molar-refractivity contribution in [2.75, 3.05) is 13.7 Å². The third kappa shape index (κ3) is 3.55. The maximum Gasteiger partial charge on any atom is 0.173 e. The zero-order chi connectivity index (χ0) is 12.0. The van der Waals surface area contributed by atoms with Gasteiger partial charge in [0.05, 0.1) is 18.6 Å². The molecule has 0 aromatic heterocycles. The number of carbonyl (C=O) groups is 2. The van der Waals surface area contributed by atoms with Crippen molar-refractivity contribution in [1.29, 1.82) is 0 Å². The normalized spacial score (nSPS) is 10.1. The minimum Gasteiger partial charge on any atom is -0.384 e. The zero-order valence-corrected chi connectivity index (χ0v) is 9.03. The molecule has 1 aromatic rings. The van der Waals surface area contributed by atoms with Crippen LogP contribution in [0.4, 0.5) is 4.39 Å². The second-order valence-corrected chi connectivity index (χ2v) is 3.36. The smallest absolute Gasteiger partial charge is 0.173 e. The third-order valence-electron chi connectivity index (χ3n) is 2.12. The van der Waals surface area contributed by atoms with Crippen LogP contribution in [0, 0.1) is 5.82 Å². The van der Waals surface area contributed by atoms with Gasteiger partial charge in [-0.05, 0) is 12.1 Å². The largest absolute Gasteiger partial charge is 0.384 e. The summed E-state index contributed by atoms with van der Waals surface area (Å²) in [7, 11) is 1.48. The quantitative estimate of drug-likeness (QED) is 0.548. The maximum atomic E-state index is 13.2. The molecule has 0 unspecified atom stereocenters. The predicted octanol–water partition coefficient (Wildman–Crippen LogP) is 2.00. The molecule has 0 saturated carbocycles. The number of methoxy groups -OCH3 is 1. The van der Waals surface area contributed by atoms with E-state index in [4.69, 9.17) is 4.74 Å². The maximum absolute atomic E-state index is 13.2. The average Bonchev–Trinajstić information content (AvgIpc) is 2.26. The molecule has 0 bridgehead atoms. The number of carbonyl (C=O) groups excluding carboxylic acids is 2. The van der Waals surface area contributed by atoms with Gasteiger partial charge in [-0.2, -0.15) is 0 Å². The lowest BCUT2D eigenvalue weighted by molar-refractivity contribution is -0.119. The topological polar surface area (TPSA) is 43.4 Å². The summed E-state index contributed by atoms with van der Waals surface area (Å²) in [6, 6.07) is 5.64. The number of benzene rings is 1. The number of hydrogen-bond acceptors (Lipinski definition) is 3. The van der Waals surface area contributed by atoms with Crippen molar-refractivity contribution in [3.05, 3.63) is 35.6 Å². The van der Waals surface area contributed by atoms with Gasteiger partial charge in [-0.3, -0.25) is 9.59 Å². The highest BCUT2D eigenvalue weighted by Gasteiger charge is 2.14. The Bertz CT molecular complexity index is 388. The molecule has 0 aliphatic carbocycles. The SMILES string of the molecule is COCCC(=O)CC(=O)c1ccccc1F. The molecular formula is C12H13FO3. The van der Waals surface area contributed by atoms with Gasteiger partial charge in [-0.1, -0.05) is 12.1 Å². The van der Waals surface area contributed by atoms with Crippen molar-refractivity contribution in [2.24, 2.45) is 0 Å². The van der Waals surface area contributed by atoms with Crippen LogP contribution >= 0.6 is 0 Å². The lowest BCUT2D eigenvalue weighted by Gasteiger charge is -2.01. The highest BCUT2D eigenvalue weighted by molar-refractivity contribution is 6.08. The summed E-state index contributed by atoms with van der Waals surface area (Å²) in [5, 5.41) is 0. The highest BCUT2D eigenvalue weighted by atomic mass is 19.1. The van der Waals surface area contributed by atoms with Crippen molar-refractivity contribution in [1.82, 2.24) is 0 Å². The summed E-state index contributed by atoms with van der Waals surface area (Å²) >= 11 is 0. The summed E-state index contributed by atoms with van der Waals surface area (Å²) in [5.41, 5.74) is -0.0340. The van der Waals surface area contributed by atoms with E-state index in [1.807, 2.05) is 0 Å². The molecule has 0 amide bonds. The van der Waals surface area contributed by atoms with Crippen LogP contribution in [0.15, 0.2) is 24.3 Å². The van der Waals surface area contributed by atoms with Crippen LogP contribution in [0.2, 0.25) is 0 Å². The molecule has 4 heteroatoms. The van der Waals surface area contributed by atoms with E-state index in [0.29, 0.717) is 0 Å². The molecule has 1 aromatic carbocycles. The molecule has 3 nitrogen and oxygen atoms in total. The van der Waals surface area contributed by atoms with Crippen molar-refractivity contribution in [3.63, 3.8) is 0 Å². The summed E-state index contributed by atoms with van der Waals surface area (Å²) in [4.78, 5) is 22.8. The molecule has 0 radical (unpaired) electrons. The van der Waals surface area contributed by atoms with Crippen LogP contribution in [0.1, 0.15) is 23.2 Å². The third-order valence-corrected chi connectivity index (χ3v) is 2.12. The molecule has 0 atom stereocenters. The number of ketones is 2. The Kier molecular flexibility index (Phi) is 4.79. The Morgan fingerprint density at radius 3 is 2.62 bits per heavy atom. The van der Waals surface area contributed by atoms with Crippen LogP contribution in [-0.4, -0.2) is 25.3 Å². The van der Waals surface area contributed by atoms with E-state index < -0.39 is 11.6 Å². The Labute approximate surface area is 93.2 Å². The molecule has 86 valence electrons. The number of rotatable bonds is 6. The first-order valence-corrected chi connectivity index (χ1v) is 4.93. The molecule has 0 heterocycles. The van der Waals surface area contributed by atoms with Gasteiger partial charge < -0.3 is 4.74 Å². The summed E-state index contributed by atoms with van der Waals surface area (Å²) in [5.74, 6) is -1.32. The molecule has 0 fully saturated rings. The van der Waals surface area contributed by atoms with Gasteiger partial charge in [-0.25, -0.2) is 4.39 Å². The van der Waals surface area contributed by atoms with Gasteiger partial charge in [0, 0.05) is 13.5 Å². The van der Waals surface area contributed by atoms with E-state index in [-0.39, 0.29) is 30.8 Å². The average molecular weight is 224 g/mol. The van der Waals surface area contributed by atoms with E-state index in [2.05, 4.69) is 0 Å². The summed E-state index contributed by atoms with van der Waals surface area (Å²) in [6.45, 7) is 0.281. The van der Waals surface area contributed by atoms with Crippen molar-refractivity contribution >= 4 is 11.6 Å². The Morgan fingerprint density at radius 1 is 1.31 bits per heavy atom. The molecule has 0 saturated heterocycles. The minimum absolute atomic E-state index is 0.0340. The lowest BCUT2D eigenvalue weighted by Crippen LogP contribution is -2.11. The van der Waals surface area contributed by atoms with Gasteiger partial charge in [0.2, 0.25) is 0 Å². The molecule has 0 N–H and O–H groups in total. The van der Waals surface area contributed by atoms with E-state index in [0.717, 1.165) is 0 Å². The van der Waals surface area contributed by atoms with Crippen LogP contribution < -0.4 is 0 Å². The van der Waals surface area contributed by atoms with E-state index in [9.17, 15) is 14.0 Å². The minimum atomic E-state index is -0.591. The second kappa shape index (κ2) is 6.12.